The summed E-state index contributed by atoms with van der Waals surface area (Å²) >= 11 is 0. The van der Waals surface area contributed by atoms with Gasteiger partial charge in [-0.25, -0.2) is 0 Å². The molecule has 0 aliphatic rings. The van der Waals surface area contributed by atoms with Crippen LogP contribution in [0.1, 0.15) is 28.9 Å². The molecule has 0 saturated carbocycles. The average Bonchev–Trinajstić information content (AvgIpc) is 2.39. The third-order valence-electron chi connectivity index (χ3n) is 2.89. The lowest BCUT2D eigenvalue weighted by atomic mass is 10.1. The van der Waals surface area contributed by atoms with Gasteiger partial charge in [0.25, 0.3) is 5.91 Å². The minimum Gasteiger partial charge on any atom is -0.508 e. The van der Waals surface area contributed by atoms with E-state index in [0.717, 1.165) is 5.56 Å². The molecular weight excluding hydrogens is 242 g/mol. The molecule has 1 amide bonds. The lowest BCUT2D eigenvalue weighted by Gasteiger charge is -2.15. The molecule has 1 atom stereocenters. The standard InChI is InChI=1S/C15H15NO3/c1-10(11-6-8-12(17)9-7-11)16-15(19)13-4-2-3-5-14(13)18/h2-10,17-18H,1H3,(H,16,19). The Morgan fingerprint density at radius 1 is 1.05 bits per heavy atom. The number of para-hydroxylation sites is 1. The number of carbonyl (C=O) groups is 1. The highest BCUT2D eigenvalue weighted by atomic mass is 16.3. The van der Waals surface area contributed by atoms with Gasteiger partial charge >= 0.3 is 0 Å². The third kappa shape index (κ3) is 3.04. The van der Waals surface area contributed by atoms with Crippen LogP contribution >= 0.6 is 0 Å². The largest absolute Gasteiger partial charge is 0.508 e. The summed E-state index contributed by atoms with van der Waals surface area (Å²) in [7, 11) is 0. The molecule has 0 saturated heterocycles. The molecular formula is C15H15NO3. The van der Waals surface area contributed by atoms with Gasteiger partial charge in [-0.3, -0.25) is 4.79 Å². The molecule has 0 radical (unpaired) electrons. The normalized spacial score (nSPS) is 11.8. The van der Waals surface area contributed by atoms with Crippen molar-refractivity contribution in [3.63, 3.8) is 0 Å². The first-order valence-corrected chi connectivity index (χ1v) is 5.95. The quantitative estimate of drug-likeness (QED) is 0.791. The maximum absolute atomic E-state index is 12.0. The molecule has 2 aromatic carbocycles. The Hall–Kier alpha value is -2.49. The molecule has 4 heteroatoms. The zero-order valence-corrected chi connectivity index (χ0v) is 10.5. The lowest BCUT2D eigenvalue weighted by molar-refractivity contribution is 0.0937. The SMILES string of the molecule is CC(NC(=O)c1ccccc1O)c1ccc(O)cc1. The number of hydrogen-bond acceptors (Lipinski definition) is 3. The van der Waals surface area contributed by atoms with Crippen molar-refractivity contribution in [3.8, 4) is 11.5 Å². The van der Waals surface area contributed by atoms with Crippen LogP contribution in [0.25, 0.3) is 0 Å². The highest BCUT2D eigenvalue weighted by Crippen LogP contribution is 2.19. The van der Waals surface area contributed by atoms with Crippen LogP contribution in [0.2, 0.25) is 0 Å². The van der Waals surface area contributed by atoms with Crippen molar-refractivity contribution in [1.82, 2.24) is 5.32 Å². The van der Waals surface area contributed by atoms with E-state index in [4.69, 9.17) is 0 Å². The summed E-state index contributed by atoms with van der Waals surface area (Å²) in [6.07, 6.45) is 0. The monoisotopic (exact) mass is 257 g/mol. The first kappa shape index (κ1) is 13.0. The summed E-state index contributed by atoms with van der Waals surface area (Å²) < 4.78 is 0. The van der Waals surface area contributed by atoms with Gasteiger partial charge in [-0.05, 0) is 36.8 Å². The van der Waals surface area contributed by atoms with Gasteiger partial charge in [0.15, 0.2) is 0 Å². The van der Waals surface area contributed by atoms with Crippen LogP contribution in [0.4, 0.5) is 0 Å². The maximum Gasteiger partial charge on any atom is 0.255 e. The van der Waals surface area contributed by atoms with Crippen molar-refractivity contribution in [1.29, 1.82) is 0 Å². The van der Waals surface area contributed by atoms with Gasteiger partial charge in [-0.15, -0.1) is 0 Å². The fourth-order valence-corrected chi connectivity index (χ4v) is 1.79. The van der Waals surface area contributed by atoms with E-state index >= 15 is 0 Å². The summed E-state index contributed by atoms with van der Waals surface area (Å²) in [6, 6.07) is 12.8. The molecule has 0 aliphatic heterocycles. The minimum absolute atomic E-state index is 0.0436. The first-order valence-electron chi connectivity index (χ1n) is 5.95. The second kappa shape index (κ2) is 5.44. The molecule has 1 unspecified atom stereocenters. The summed E-state index contributed by atoms with van der Waals surface area (Å²) in [6.45, 7) is 1.84. The van der Waals surface area contributed by atoms with E-state index in [1.54, 1.807) is 42.5 Å². The van der Waals surface area contributed by atoms with E-state index in [9.17, 15) is 15.0 Å². The van der Waals surface area contributed by atoms with Crippen molar-refractivity contribution in [2.24, 2.45) is 0 Å². The van der Waals surface area contributed by atoms with Crippen LogP contribution < -0.4 is 5.32 Å². The van der Waals surface area contributed by atoms with Crippen molar-refractivity contribution >= 4 is 5.91 Å². The number of rotatable bonds is 3. The van der Waals surface area contributed by atoms with Crippen molar-refractivity contribution in [3.05, 3.63) is 59.7 Å². The molecule has 3 N–H and O–H groups in total. The Bertz CT molecular complexity index is 578. The number of phenolic OH excluding ortho intramolecular Hbond substituents is 2. The number of aromatic hydroxyl groups is 2. The average molecular weight is 257 g/mol. The third-order valence-corrected chi connectivity index (χ3v) is 2.89. The smallest absolute Gasteiger partial charge is 0.255 e. The molecule has 0 spiro atoms. The molecule has 2 aromatic rings. The van der Waals surface area contributed by atoms with E-state index in [0.29, 0.717) is 0 Å². The second-order valence-electron chi connectivity index (χ2n) is 4.30. The van der Waals surface area contributed by atoms with Gasteiger partial charge < -0.3 is 15.5 Å². The Morgan fingerprint density at radius 2 is 1.68 bits per heavy atom. The molecule has 19 heavy (non-hydrogen) atoms. The van der Waals surface area contributed by atoms with Gasteiger partial charge in [0.05, 0.1) is 11.6 Å². The summed E-state index contributed by atoms with van der Waals surface area (Å²) in [5.41, 5.74) is 1.12. The van der Waals surface area contributed by atoms with Gasteiger partial charge in [0, 0.05) is 0 Å². The zero-order valence-electron chi connectivity index (χ0n) is 10.5. The van der Waals surface area contributed by atoms with E-state index in [1.807, 2.05) is 6.92 Å². The topological polar surface area (TPSA) is 69.6 Å². The van der Waals surface area contributed by atoms with Crippen LogP contribution in [0, 0.1) is 0 Å². The first-order chi connectivity index (χ1) is 9.08. The fourth-order valence-electron chi connectivity index (χ4n) is 1.79. The zero-order chi connectivity index (χ0) is 13.8. The molecule has 0 aromatic heterocycles. The predicted octanol–water partition coefficient (Wildman–Crippen LogP) is 2.59. The van der Waals surface area contributed by atoms with Gasteiger partial charge in [0.1, 0.15) is 11.5 Å². The number of carbonyl (C=O) groups excluding carboxylic acids is 1. The highest BCUT2D eigenvalue weighted by molar-refractivity contribution is 5.96. The van der Waals surface area contributed by atoms with Crippen LogP contribution in [0.15, 0.2) is 48.5 Å². The van der Waals surface area contributed by atoms with Crippen molar-refractivity contribution in [2.75, 3.05) is 0 Å². The molecule has 4 nitrogen and oxygen atoms in total. The fraction of sp³-hybridized carbons (Fsp3) is 0.133. The van der Waals surface area contributed by atoms with Crippen LogP contribution in [-0.2, 0) is 0 Å². The summed E-state index contributed by atoms with van der Waals surface area (Å²) in [4.78, 5) is 12.0. The summed E-state index contributed by atoms with van der Waals surface area (Å²) in [5, 5.41) is 21.6. The molecule has 0 heterocycles. The Kier molecular flexibility index (Phi) is 3.71. The summed E-state index contributed by atoms with van der Waals surface area (Å²) in [5.74, 6) is -0.195. The number of nitrogens with one attached hydrogen (secondary N) is 1. The molecule has 0 bridgehead atoms. The van der Waals surface area contributed by atoms with Crippen molar-refractivity contribution < 1.29 is 15.0 Å². The highest BCUT2D eigenvalue weighted by Gasteiger charge is 2.14. The molecule has 2 rings (SSSR count). The molecule has 0 aliphatic carbocycles. The second-order valence-corrected chi connectivity index (χ2v) is 4.30. The van der Waals surface area contributed by atoms with E-state index in [-0.39, 0.29) is 29.0 Å². The van der Waals surface area contributed by atoms with E-state index in [2.05, 4.69) is 5.32 Å². The van der Waals surface area contributed by atoms with E-state index in [1.165, 1.54) is 6.07 Å². The van der Waals surface area contributed by atoms with Crippen LogP contribution in [0.5, 0.6) is 11.5 Å². The lowest BCUT2D eigenvalue weighted by Crippen LogP contribution is -2.26. The number of phenols is 2. The van der Waals surface area contributed by atoms with Gasteiger partial charge in [-0.1, -0.05) is 24.3 Å². The minimum atomic E-state index is -0.335. The molecule has 0 fully saturated rings. The van der Waals surface area contributed by atoms with Gasteiger partial charge in [-0.2, -0.15) is 0 Å². The maximum atomic E-state index is 12.0. The number of benzene rings is 2. The van der Waals surface area contributed by atoms with Crippen molar-refractivity contribution in [2.45, 2.75) is 13.0 Å². The number of hydrogen-bond donors (Lipinski definition) is 3. The van der Waals surface area contributed by atoms with Crippen LogP contribution in [-0.4, -0.2) is 16.1 Å². The Morgan fingerprint density at radius 3 is 2.32 bits per heavy atom. The van der Waals surface area contributed by atoms with Crippen LogP contribution in [0.3, 0.4) is 0 Å². The Balaban J connectivity index is 2.11. The molecule has 98 valence electrons. The predicted molar refractivity (Wildman–Crippen MR) is 72.1 cm³/mol. The Labute approximate surface area is 111 Å². The number of amides is 1. The van der Waals surface area contributed by atoms with Gasteiger partial charge in [0.2, 0.25) is 0 Å². The van der Waals surface area contributed by atoms with E-state index < -0.39 is 0 Å².